The molecule has 2 heterocycles. The fourth-order valence-electron chi connectivity index (χ4n) is 4.35. The number of aryl methyl sites for hydroxylation is 1. The van der Waals surface area contributed by atoms with Crippen LogP contribution in [0.25, 0.3) is 0 Å². The number of anilines is 1. The summed E-state index contributed by atoms with van der Waals surface area (Å²) in [5, 5.41) is 2.86. The molecular weight excluding hydrogens is 382 g/mol. The van der Waals surface area contributed by atoms with Crippen molar-refractivity contribution in [2.75, 3.05) is 44.7 Å². The lowest BCUT2D eigenvalue weighted by Gasteiger charge is -2.35. The molecule has 0 spiro atoms. The third-order valence-corrected chi connectivity index (χ3v) is 5.77. The molecule has 1 aromatic rings. The molecule has 0 unspecified atom stereocenters. The summed E-state index contributed by atoms with van der Waals surface area (Å²) in [5.74, 6) is 0.593. The lowest BCUT2D eigenvalue weighted by atomic mass is 9.91. The monoisotopic (exact) mass is 415 g/mol. The third kappa shape index (κ3) is 5.81. The average molecular weight is 416 g/mol. The molecule has 2 saturated heterocycles. The Morgan fingerprint density at radius 2 is 1.70 bits per heavy atom. The standard InChI is InChI=1S/C23H33N3O4/c1-16-4-5-20(19(13-16)23(29)26-14-17(2)12-18(3)15-26)24-21(27)6-7-22(28)25-8-10-30-11-9-25/h4-5,13,17-18H,6-12,14-15H2,1-3H3,(H,24,27)/t17-,18+. The Morgan fingerprint density at radius 3 is 2.37 bits per heavy atom. The van der Waals surface area contributed by atoms with Gasteiger partial charge in [-0.05, 0) is 37.3 Å². The van der Waals surface area contributed by atoms with E-state index in [0.29, 0.717) is 49.4 Å². The molecule has 2 aliphatic heterocycles. The van der Waals surface area contributed by atoms with Gasteiger partial charge in [0.05, 0.1) is 24.5 Å². The number of likely N-dealkylation sites (tertiary alicyclic amines) is 1. The van der Waals surface area contributed by atoms with Gasteiger partial charge in [0, 0.05) is 39.0 Å². The number of hydrogen-bond donors (Lipinski definition) is 1. The van der Waals surface area contributed by atoms with Crippen LogP contribution in [0.5, 0.6) is 0 Å². The van der Waals surface area contributed by atoms with Gasteiger partial charge in [-0.25, -0.2) is 0 Å². The molecule has 2 atom stereocenters. The van der Waals surface area contributed by atoms with E-state index in [1.54, 1.807) is 11.0 Å². The summed E-state index contributed by atoms with van der Waals surface area (Å²) in [7, 11) is 0. The molecule has 7 nitrogen and oxygen atoms in total. The number of nitrogens with one attached hydrogen (secondary N) is 1. The first-order valence-electron chi connectivity index (χ1n) is 10.9. The molecule has 7 heteroatoms. The Labute approximate surface area is 178 Å². The van der Waals surface area contributed by atoms with Gasteiger partial charge < -0.3 is 19.9 Å². The second kappa shape index (κ2) is 10.1. The molecule has 0 saturated carbocycles. The molecule has 2 aliphatic rings. The van der Waals surface area contributed by atoms with Gasteiger partial charge in [-0.1, -0.05) is 25.5 Å². The number of hydrogen-bond acceptors (Lipinski definition) is 4. The lowest BCUT2D eigenvalue weighted by molar-refractivity contribution is -0.136. The molecule has 1 N–H and O–H groups in total. The highest BCUT2D eigenvalue weighted by molar-refractivity contribution is 6.04. The van der Waals surface area contributed by atoms with Crippen LogP contribution >= 0.6 is 0 Å². The molecule has 3 amide bonds. The number of rotatable bonds is 5. The molecule has 1 aromatic carbocycles. The molecule has 0 aromatic heterocycles. The largest absolute Gasteiger partial charge is 0.378 e. The Balaban J connectivity index is 1.63. The highest BCUT2D eigenvalue weighted by Crippen LogP contribution is 2.26. The van der Waals surface area contributed by atoms with Crippen LogP contribution in [0.3, 0.4) is 0 Å². The summed E-state index contributed by atoms with van der Waals surface area (Å²) >= 11 is 0. The summed E-state index contributed by atoms with van der Waals surface area (Å²) in [6.07, 6.45) is 1.37. The number of carbonyl (C=O) groups is 3. The van der Waals surface area contributed by atoms with Crippen molar-refractivity contribution in [1.29, 1.82) is 0 Å². The van der Waals surface area contributed by atoms with Crippen molar-refractivity contribution in [3.05, 3.63) is 29.3 Å². The van der Waals surface area contributed by atoms with Crippen molar-refractivity contribution in [3.8, 4) is 0 Å². The van der Waals surface area contributed by atoms with E-state index in [1.807, 2.05) is 24.0 Å². The molecule has 30 heavy (non-hydrogen) atoms. The van der Waals surface area contributed by atoms with Gasteiger partial charge in [-0.3, -0.25) is 14.4 Å². The molecule has 164 valence electrons. The summed E-state index contributed by atoms with van der Waals surface area (Å²) in [4.78, 5) is 41.6. The van der Waals surface area contributed by atoms with Crippen LogP contribution in [0.4, 0.5) is 5.69 Å². The van der Waals surface area contributed by atoms with Crippen molar-refractivity contribution >= 4 is 23.4 Å². The SMILES string of the molecule is Cc1ccc(NC(=O)CCC(=O)N2CCOCC2)c(C(=O)N2C[C@H](C)C[C@H](C)C2)c1. The van der Waals surface area contributed by atoms with Crippen LogP contribution in [0, 0.1) is 18.8 Å². The maximum atomic E-state index is 13.2. The number of piperidine rings is 1. The zero-order valence-corrected chi connectivity index (χ0v) is 18.3. The van der Waals surface area contributed by atoms with Crippen LogP contribution in [0.2, 0.25) is 0 Å². The minimum atomic E-state index is -0.255. The second-order valence-corrected chi connectivity index (χ2v) is 8.75. The molecule has 3 rings (SSSR count). The van der Waals surface area contributed by atoms with Crippen molar-refractivity contribution in [2.45, 2.75) is 40.0 Å². The van der Waals surface area contributed by atoms with Crippen molar-refractivity contribution < 1.29 is 19.1 Å². The van der Waals surface area contributed by atoms with Crippen LogP contribution in [0.15, 0.2) is 18.2 Å². The first kappa shape index (κ1) is 22.3. The molecule has 2 fully saturated rings. The zero-order chi connectivity index (χ0) is 21.7. The Kier molecular flexibility index (Phi) is 7.48. The topological polar surface area (TPSA) is 79.0 Å². The number of carbonyl (C=O) groups excluding carboxylic acids is 3. The van der Waals surface area contributed by atoms with E-state index in [9.17, 15) is 14.4 Å². The lowest BCUT2D eigenvalue weighted by Crippen LogP contribution is -2.42. The number of nitrogens with zero attached hydrogens (tertiary/aromatic N) is 2. The van der Waals surface area contributed by atoms with Crippen LogP contribution in [0.1, 0.15) is 49.0 Å². The normalized spacial score (nSPS) is 22.0. The van der Waals surface area contributed by atoms with Crippen molar-refractivity contribution in [1.82, 2.24) is 9.80 Å². The second-order valence-electron chi connectivity index (χ2n) is 8.75. The highest BCUT2D eigenvalue weighted by atomic mass is 16.5. The van der Waals surface area contributed by atoms with Gasteiger partial charge in [0.2, 0.25) is 11.8 Å². The van der Waals surface area contributed by atoms with Gasteiger partial charge in [0.15, 0.2) is 0 Å². The van der Waals surface area contributed by atoms with Crippen LogP contribution in [-0.2, 0) is 14.3 Å². The Morgan fingerprint density at radius 1 is 1.03 bits per heavy atom. The number of ether oxygens (including phenoxy) is 1. The summed E-state index contributed by atoms with van der Waals surface area (Å²) in [6.45, 7) is 9.97. The van der Waals surface area contributed by atoms with Gasteiger partial charge in [0.1, 0.15) is 0 Å². The van der Waals surface area contributed by atoms with Gasteiger partial charge in [-0.2, -0.15) is 0 Å². The van der Waals surface area contributed by atoms with E-state index in [1.165, 1.54) is 0 Å². The van der Waals surface area contributed by atoms with Gasteiger partial charge in [-0.15, -0.1) is 0 Å². The van der Waals surface area contributed by atoms with Crippen LogP contribution < -0.4 is 5.32 Å². The summed E-state index contributed by atoms with van der Waals surface area (Å²) in [6, 6.07) is 5.49. The highest BCUT2D eigenvalue weighted by Gasteiger charge is 2.28. The fourth-order valence-corrected chi connectivity index (χ4v) is 4.35. The minimum absolute atomic E-state index is 0.0371. The van der Waals surface area contributed by atoms with E-state index in [2.05, 4.69) is 19.2 Å². The average Bonchev–Trinajstić information content (AvgIpc) is 2.72. The van der Waals surface area contributed by atoms with E-state index in [4.69, 9.17) is 4.74 Å². The number of amides is 3. The first-order chi connectivity index (χ1) is 14.3. The van der Waals surface area contributed by atoms with Crippen molar-refractivity contribution in [3.63, 3.8) is 0 Å². The number of morpholine rings is 1. The zero-order valence-electron chi connectivity index (χ0n) is 18.3. The molecule has 0 aliphatic carbocycles. The quantitative estimate of drug-likeness (QED) is 0.802. The van der Waals surface area contributed by atoms with Crippen molar-refractivity contribution in [2.24, 2.45) is 11.8 Å². The van der Waals surface area contributed by atoms with E-state index < -0.39 is 0 Å². The fraction of sp³-hybridized carbons (Fsp3) is 0.609. The molecular formula is C23H33N3O4. The Hall–Kier alpha value is -2.41. The van der Waals surface area contributed by atoms with E-state index in [-0.39, 0.29) is 30.6 Å². The summed E-state index contributed by atoms with van der Waals surface area (Å²) in [5.41, 5.74) is 2.00. The minimum Gasteiger partial charge on any atom is -0.378 e. The first-order valence-corrected chi connectivity index (χ1v) is 10.9. The number of benzene rings is 1. The maximum Gasteiger partial charge on any atom is 0.255 e. The smallest absolute Gasteiger partial charge is 0.255 e. The summed E-state index contributed by atoms with van der Waals surface area (Å²) < 4.78 is 5.25. The Bertz CT molecular complexity index is 779. The predicted octanol–water partition coefficient (Wildman–Crippen LogP) is 2.69. The van der Waals surface area contributed by atoms with E-state index in [0.717, 1.165) is 25.1 Å². The van der Waals surface area contributed by atoms with Crippen LogP contribution in [-0.4, -0.2) is 66.9 Å². The van der Waals surface area contributed by atoms with E-state index >= 15 is 0 Å². The molecule has 0 bridgehead atoms. The van der Waals surface area contributed by atoms with Gasteiger partial charge in [0.25, 0.3) is 5.91 Å². The maximum absolute atomic E-state index is 13.2. The molecule has 0 radical (unpaired) electrons. The van der Waals surface area contributed by atoms with Gasteiger partial charge >= 0.3 is 0 Å². The third-order valence-electron chi connectivity index (χ3n) is 5.77. The predicted molar refractivity (Wildman–Crippen MR) is 115 cm³/mol.